The first kappa shape index (κ1) is 13.5. The van der Waals surface area contributed by atoms with E-state index in [4.69, 9.17) is 0 Å². The van der Waals surface area contributed by atoms with Crippen molar-refractivity contribution in [2.75, 3.05) is 6.54 Å². The Morgan fingerprint density at radius 2 is 2.05 bits per heavy atom. The summed E-state index contributed by atoms with van der Waals surface area (Å²) in [5.74, 6) is -2.12. The van der Waals surface area contributed by atoms with Gasteiger partial charge in [0, 0.05) is 6.54 Å². The van der Waals surface area contributed by atoms with Crippen LogP contribution in [0, 0.1) is 11.8 Å². The number of hydrogen-bond donors (Lipinski definition) is 2. The lowest BCUT2D eigenvalue weighted by Crippen LogP contribution is -2.72. The first-order valence-corrected chi connectivity index (χ1v) is 7.39. The Morgan fingerprint density at radius 1 is 1.30 bits per heavy atom. The first-order chi connectivity index (χ1) is 9.56. The second-order valence-corrected chi connectivity index (χ2v) is 6.00. The number of rotatable bonds is 3. The summed E-state index contributed by atoms with van der Waals surface area (Å²) in [4.78, 5) is 38.6. The highest BCUT2D eigenvalue weighted by Crippen LogP contribution is 2.38. The molecule has 6 heteroatoms. The molecule has 0 aromatic heterocycles. The highest BCUT2D eigenvalue weighted by atomic mass is 16.3. The molecule has 5 atom stereocenters. The molecule has 6 aliphatic rings. The molecule has 1 aliphatic carbocycles. The SMILES string of the molecule is CCCCN1C(=O)C2CC[C@@H]1[C@@H]1C(=O)NC2C(O)C1=O. The van der Waals surface area contributed by atoms with Crippen molar-refractivity contribution >= 4 is 17.6 Å². The lowest BCUT2D eigenvalue weighted by atomic mass is 9.69. The number of aliphatic hydroxyl groups excluding tert-OH is 1. The van der Waals surface area contributed by atoms with Gasteiger partial charge in [-0.15, -0.1) is 0 Å². The van der Waals surface area contributed by atoms with Crippen LogP contribution in [0.5, 0.6) is 0 Å². The summed E-state index contributed by atoms with van der Waals surface area (Å²) < 4.78 is 0. The molecule has 5 heterocycles. The number of hydrogen-bond acceptors (Lipinski definition) is 4. The number of nitrogens with zero attached hydrogens (tertiary/aromatic N) is 1. The maximum atomic E-state index is 12.6. The molecule has 4 bridgehead atoms. The van der Waals surface area contributed by atoms with Crippen LogP contribution in [0.25, 0.3) is 0 Å². The van der Waals surface area contributed by atoms with Crippen LogP contribution in [-0.2, 0) is 14.4 Å². The Labute approximate surface area is 117 Å². The summed E-state index contributed by atoms with van der Waals surface area (Å²) in [6.07, 6.45) is 1.90. The Balaban J connectivity index is 1.99. The van der Waals surface area contributed by atoms with Gasteiger partial charge in [0.2, 0.25) is 11.8 Å². The van der Waals surface area contributed by atoms with E-state index in [0.29, 0.717) is 19.4 Å². The van der Waals surface area contributed by atoms with Crippen molar-refractivity contribution in [1.82, 2.24) is 10.2 Å². The van der Waals surface area contributed by atoms with Gasteiger partial charge in [-0.3, -0.25) is 14.4 Å². The van der Waals surface area contributed by atoms with E-state index in [1.165, 1.54) is 0 Å². The number of nitrogens with one attached hydrogen (secondary N) is 1. The van der Waals surface area contributed by atoms with E-state index in [-0.39, 0.29) is 17.9 Å². The van der Waals surface area contributed by atoms with Crippen LogP contribution in [0.3, 0.4) is 0 Å². The highest BCUT2D eigenvalue weighted by molar-refractivity contribution is 6.08. The second-order valence-electron chi connectivity index (χ2n) is 6.00. The number of amides is 2. The summed E-state index contributed by atoms with van der Waals surface area (Å²) in [6, 6.07) is -1.13. The third-order valence-corrected chi connectivity index (χ3v) is 4.87. The molecule has 0 aromatic rings. The monoisotopic (exact) mass is 280 g/mol. The molecule has 1 saturated carbocycles. The molecule has 0 spiro atoms. The van der Waals surface area contributed by atoms with Gasteiger partial charge in [0.1, 0.15) is 12.0 Å². The van der Waals surface area contributed by atoms with Gasteiger partial charge in [-0.1, -0.05) is 13.3 Å². The Hall–Kier alpha value is -1.43. The maximum Gasteiger partial charge on any atom is 0.233 e. The van der Waals surface area contributed by atoms with Crippen LogP contribution in [0.1, 0.15) is 32.6 Å². The Bertz CT molecular complexity index is 464. The molecule has 0 radical (unpaired) electrons. The van der Waals surface area contributed by atoms with Gasteiger partial charge in [-0.25, -0.2) is 0 Å². The van der Waals surface area contributed by atoms with Crippen LogP contribution in [0.2, 0.25) is 0 Å². The molecule has 20 heavy (non-hydrogen) atoms. The number of unbranched alkanes of at least 4 members (excludes halogenated alkanes) is 1. The fourth-order valence-corrected chi connectivity index (χ4v) is 3.80. The molecule has 6 nitrogen and oxygen atoms in total. The maximum absolute atomic E-state index is 12.6. The molecule has 6 fully saturated rings. The second kappa shape index (κ2) is 4.84. The van der Waals surface area contributed by atoms with E-state index in [1.54, 1.807) is 4.90 Å². The van der Waals surface area contributed by atoms with Gasteiger partial charge in [-0.2, -0.15) is 0 Å². The van der Waals surface area contributed by atoms with E-state index in [2.05, 4.69) is 5.32 Å². The van der Waals surface area contributed by atoms with Crippen molar-refractivity contribution < 1.29 is 19.5 Å². The van der Waals surface area contributed by atoms with Crippen LogP contribution in [-0.4, -0.2) is 52.3 Å². The van der Waals surface area contributed by atoms with Crippen molar-refractivity contribution in [3.8, 4) is 0 Å². The minimum Gasteiger partial charge on any atom is -0.383 e. The number of Topliss-reactive ketones (excluding diaryl/α,β-unsaturated/α-hetero) is 1. The molecular weight excluding hydrogens is 260 g/mol. The average Bonchev–Trinajstić information content (AvgIpc) is 2.41. The average molecular weight is 280 g/mol. The highest BCUT2D eigenvalue weighted by Gasteiger charge is 2.57. The lowest BCUT2D eigenvalue weighted by Gasteiger charge is -2.51. The number of ketones is 1. The van der Waals surface area contributed by atoms with Gasteiger partial charge in [-0.05, 0) is 19.3 Å². The molecular formula is C14H20N2O4. The summed E-state index contributed by atoms with van der Waals surface area (Å²) in [7, 11) is 0. The summed E-state index contributed by atoms with van der Waals surface area (Å²) in [5.41, 5.74) is 0. The van der Waals surface area contributed by atoms with E-state index < -0.39 is 29.8 Å². The zero-order valence-electron chi connectivity index (χ0n) is 11.5. The largest absolute Gasteiger partial charge is 0.383 e. The molecule has 2 N–H and O–H groups in total. The van der Waals surface area contributed by atoms with Crippen LogP contribution >= 0.6 is 0 Å². The molecule has 6 rings (SSSR count). The third-order valence-electron chi connectivity index (χ3n) is 4.87. The van der Waals surface area contributed by atoms with Gasteiger partial charge in [0.15, 0.2) is 5.78 Å². The van der Waals surface area contributed by atoms with Gasteiger partial charge in [0.05, 0.1) is 18.0 Å². The third kappa shape index (κ3) is 1.78. The quantitative estimate of drug-likeness (QED) is 0.679. The molecule has 5 aliphatic heterocycles. The standard InChI is InChI=1S/C14H20N2O4/c1-2-3-6-16-8-5-4-7(14(16)20)10-12(18)11(17)9(8)13(19)15-10/h7-10,12,18H,2-6H2,1H3,(H,15,19)/t7?,8-,9+,10?,12?/m1/s1. The van der Waals surface area contributed by atoms with E-state index in [0.717, 1.165) is 12.8 Å². The minimum atomic E-state index is -1.23. The van der Waals surface area contributed by atoms with Gasteiger partial charge < -0.3 is 15.3 Å². The Kier molecular flexibility index (Phi) is 3.28. The first-order valence-electron chi connectivity index (χ1n) is 7.39. The van der Waals surface area contributed by atoms with Crippen LogP contribution in [0.15, 0.2) is 0 Å². The predicted octanol–water partition coefficient (Wildman–Crippen LogP) is -0.548. The zero-order chi connectivity index (χ0) is 14.4. The normalized spacial score (nSPS) is 39.8. The van der Waals surface area contributed by atoms with Gasteiger partial charge in [0.25, 0.3) is 0 Å². The molecule has 5 saturated heterocycles. The fraction of sp³-hybridized carbons (Fsp3) is 0.786. The molecule has 0 aromatic carbocycles. The molecule has 3 unspecified atom stereocenters. The van der Waals surface area contributed by atoms with Crippen molar-refractivity contribution in [1.29, 1.82) is 0 Å². The lowest BCUT2D eigenvalue weighted by molar-refractivity contribution is -0.166. The summed E-state index contributed by atoms with van der Waals surface area (Å²) >= 11 is 0. The van der Waals surface area contributed by atoms with E-state index in [9.17, 15) is 19.5 Å². The number of carbonyl (C=O) groups excluding carboxylic acids is 3. The molecule has 2 amide bonds. The predicted molar refractivity (Wildman–Crippen MR) is 69.6 cm³/mol. The van der Waals surface area contributed by atoms with E-state index in [1.807, 2.05) is 6.92 Å². The fourth-order valence-electron chi connectivity index (χ4n) is 3.80. The Morgan fingerprint density at radius 3 is 2.75 bits per heavy atom. The van der Waals surface area contributed by atoms with E-state index >= 15 is 0 Å². The van der Waals surface area contributed by atoms with Crippen molar-refractivity contribution in [2.45, 2.75) is 50.8 Å². The number of piperidine rings is 2. The smallest absolute Gasteiger partial charge is 0.233 e. The van der Waals surface area contributed by atoms with Crippen molar-refractivity contribution in [2.24, 2.45) is 11.8 Å². The van der Waals surface area contributed by atoms with Crippen molar-refractivity contribution in [3.05, 3.63) is 0 Å². The zero-order valence-corrected chi connectivity index (χ0v) is 11.5. The van der Waals surface area contributed by atoms with Crippen LogP contribution in [0.4, 0.5) is 0 Å². The number of aliphatic hydroxyl groups is 1. The topological polar surface area (TPSA) is 86.7 Å². The summed E-state index contributed by atoms with van der Waals surface area (Å²) in [5, 5.41) is 12.7. The van der Waals surface area contributed by atoms with Crippen molar-refractivity contribution in [3.63, 3.8) is 0 Å². The summed E-state index contributed by atoms with van der Waals surface area (Å²) in [6.45, 7) is 2.64. The minimum absolute atomic E-state index is 0.0174. The molecule has 110 valence electrons. The number of carbonyl (C=O) groups is 3. The van der Waals surface area contributed by atoms with Crippen LogP contribution < -0.4 is 5.32 Å². The van der Waals surface area contributed by atoms with Gasteiger partial charge >= 0.3 is 0 Å².